The van der Waals surface area contributed by atoms with Gasteiger partial charge < -0.3 is 15.0 Å². The van der Waals surface area contributed by atoms with Crippen molar-refractivity contribution in [2.75, 3.05) is 25.1 Å². The van der Waals surface area contributed by atoms with Gasteiger partial charge in [0.1, 0.15) is 5.82 Å². The van der Waals surface area contributed by atoms with Gasteiger partial charge in [0.15, 0.2) is 0 Å². The molecular formula is C15H21N3OS. The minimum Gasteiger partial charge on any atom is -0.382 e. The smallest absolute Gasteiger partial charge is 0.123 e. The van der Waals surface area contributed by atoms with E-state index >= 15 is 0 Å². The second-order valence-electron chi connectivity index (χ2n) is 4.59. The SMILES string of the molecule is CCOCCNc1ccc(C)cc1C(S)c1ncc[nH]1. The Morgan fingerprint density at radius 1 is 1.45 bits per heavy atom. The van der Waals surface area contributed by atoms with E-state index < -0.39 is 0 Å². The molecule has 4 nitrogen and oxygen atoms in total. The number of thiol groups is 1. The highest BCUT2D eigenvalue weighted by molar-refractivity contribution is 7.80. The fourth-order valence-corrected chi connectivity index (χ4v) is 2.40. The molecule has 0 aliphatic rings. The summed E-state index contributed by atoms with van der Waals surface area (Å²) in [4.78, 5) is 7.41. The number of H-pyrrole nitrogens is 1. The minimum absolute atomic E-state index is 0.0699. The molecule has 0 aliphatic heterocycles. The van der Waals surface area contributed by atoms with Gasteiger partial charge in [-0.3, -0.25) is 0 Å². The number of nitrogens with zero attached hydrogens (tertiary/aromatic N) is 1. The molecule has 0 saturated heterocycles. The molecule has 0 radical (unpaired) electrons. The highest BCUT2D eigenvalue weighted by Crippen LogP contribution is 2.32. The van der Waals surface area contributed by atoms with E-state index in [0.29, 0.717) is 6.61 Å². The number of nitrogens with one attached hydrogen (secondary N) is 2. The Bertz CT molecular complexity index is 528. The van der Waals surface area contributed by atoms with Gasteiger partial charge in [-0.05, 0) is 25.5 Å². The molecule has 2 N–H and O–H groups in total. The zero-order valence-electron chi connectivity index (χ0n) is 11.9. The van der Waals surface area contributed by atoms with Crippen molar-refractivity contribution in [1.82, 2.24) is 9.97 Å². The second-order valence-corrected chi connectivity index (χ2v) is 5.11. The van der Waals surface area contributed by atoms with Crippen LogP contribution in [0.4, 0.5) is 5.69 Å². The van der Waals surface area contributed by atoms with Gasteiger partial charge in [-0.25, -0.2) is 4.98 Å². The number of aromatic amines is 1. The van der Waals surface area contributed by atoms with Crippen LogP contribution in [0.25, 0.3) is 0 Å². The second kappa shape index (κ2) is 7.36. The largest absolute Gasteiger partial charge is 0.382 e. The Morgan fingerprint density at radius 2 is 2.30 bits per heavy atom. The van der Waals surface area contributed by atoms with Crippen molar-refractivity contribution in [2.45, 2.75) is 19.1 Å². The predicted octanol–water partition coefficient (Wildman–Crippen LogP) is 3.19. The Kier molecular flexibility index (Phi) is 5.49. The van der Waals surface area contributed by atoms with Crippen LogP contribution >= 0.6 is 12.6 Å². The van der Waals surface area contributed by atoms with Crippen molar-refractivity contribution in [2.24, 2.45) is 0 Å². The van der Waals surface area contributed by atoms with Crippen molar-refractivity contribution < 1.29 is 4.74 Å². The molecule has 1 aromatic carbocycles. The van der Waals surface area contributed by atoms with Crippen LogP contribution in [0.15, 0.2) is 30.6 Å². The van der Waals surface area contributed by atoms with Crippen LogP contribution in [0.5, 0.6) is 0 Å². The number of anilines is 1. The molecule has 1 aromatic heterocycles. The van der Waals surface area contributed by atoms with E-state index in [4.69, 9.17) is 17.4 Å². The molecule has 2 aromatic rings. The van der Waals surface area contributed by atoms with Crippen molar-refractivity contribution in [3.63, 3.8) is 0 Å². The zero-order valence-corrected chi connectivity index (χ0v) is 12.8. The Labute approximate surface area is 125 Å². The summed E-state index contributed by atoms with van der Waals surface area (Å²) in [5.74, 6) is 0.854. The number of aromatic nitrogens is 2. The van der Waals surface area contributed by atoms with Gasteiger partial charge in [-0.15, -0.1) is 0 Å². The molecule has 0 bridgehead atoms. The fraction of sp³-hybridized carbons (Fsp3) is 0.400. The average molecular weight is 291 g/mol. The third kappa shape index (κ3) is 3.77. The lowest BCUT2D eigenvalue weighted by Gasteiger charge is -2.16. The summed E-state index contributed by atoms with van der Waals surface area (Å²) in [7, 11) is 0. The molecule has 20 heavy (non-hydrogen) atoms. The molecule has 0 amide bonds. The number of benzene rings is 1. The average Bonchev–Trinajstić information content (AvgIpc) is 2.98. The molecule has 1 heterocycles. The summed E-state index contributed by atoms with van der Waals surface area (Å²) in [6, 6.07) is 6.32. The van der Waals surface area contributed by atoms with Gasteiger partial charge in [0.05, 0.1) is 11.9 Å². The van der Waals surface area contributed by atoms with Crippen molar-refractivity contribution in [1.29, 1.82) is 0 Å². The summed E-state index contributed by atoms with van der Waals surface area (Å²) < 4.78 is 5.35. The quantitative estimate of drug-likeness (QED) is 0.542. The molecule has 2 rings (SSSR count). The molecule has 5 heteroatoms. The molecule has 1 atom stereocenters. The monoisotopic (exact) mass is 291 g/mol. The first kappa shape index (κ1) is 14.9. The normalized spacial score (nSPS) is 12.3. The Hall–Kier alpha value is -1.46. The lowest BCUT2D eigenvalue weighted by atomic mass is 10.1. The van der Waals surface area contributed by atoms with E-state index in [-0.39, 0.29) is 5.25 Å². The number of ether oxygens (including phenoxy) is 1. The number of imidazole rings is 1. The molecular weight excluding hydrogens is 270 g/mol. The summed E-state index contributed by atoms with van der Waals surface area (Å²) >= 11 is 4.69. The maximum absolute atomic E-state index is 5.35. The molecule has 0 saturated carbocycles. The first-order valence-electron chi connectivity index (χ1n) is 6.82. The van der Waals surface area contributed by atoms with Crippen molar-refractivity contribution >= 4 is 18.3 Å². The maximum atomic E-state index is 5.35. The van der Waals surface area contributed by atoms with Gasteiger partial charge in [-0.1, -0.05) is 17.7 Å². The van der Waals surface area contributed by atoms with Gasteiger partial charge in [0.2, 0.25) is 0 Å². The van der Waals surface area contributed by atoms with E-state index in [0.717, 1.165) is 30.2 Å². The van der Waals surface area contributed by atoms with E-state index in [1.165, 1.54) is 5.56 Å². The highest BCUT2D eigenvalue weighted by Gasteiger charge is 2.15. The topological polar surface area (TPSA) is 49.9 Å². The summed E-state index contributed by atoms with van der Waals surface area (Å²) in [6.45, 7) is 6.29. The predicted molar refractivity (Wildman–Crippen MR) is 85.6 cm³/mol. The number of aryl methyl sites for hydroxylation is 1. The molecule has 108 valence electrons. The molecule has 0 fully saturated rings. The van der Waals surface area contributed by atoms with Crippen LogP contribution in [0.2, 0.25) is 0 Å². The number of hydrogen-bond donors (Lipinski definition) is 3. The summed E-state index contributed by atoms with van der Waals surface area (Å²) in [5.41, 5.74) is 3.41. The lowest BCUT2D eigenvalue weighted by molar-refractivity contribution is 0.158. The third-order valence-electron chi connectivity index (χ3n) is 3.05. The van der Waals surface area contributed by atoms with E-state index in [1.54, 1.807) is 6.20 Å². The summed E-state index contributed by atoms with van der Waals surface area (Å²) in [6.07, 6.45) is 3.56. The Balaban J connectivity index is 2.15. The lowest BCUT2D eigenvalue weighted by Crippen LogP contribution is -2.11. The minimum atomic E-state index is -0.0699. The first-order chi connectivity index (χ1) is 9.72. The van der Waals surface area contributed by atoms with Crippen LogP contribution < -0.4 is 5.32 Å². The van der Waals surface area contributed by atoms with Crippen LogP contribution in [0.1, 0.15) is 29.1 Å². The number of rotatable bonds is 7. The standard InChI is InChI=1S/C15H21N3OS/c1-3-19-9-8-16-13-5-4-11(2)10-12(13)14(20)15-17-6-7-18-15/h4-7,10,14,16,20H,3,8-9H2,1-2H3,(H,17,18). The van der Waals surface area contributed by atoms with Gasteiger partial charge in [-0.2, -0.15) is 12.6 Å². The third-order valence-corrected chi connectivity index (χ3v) is 3.57. The van der Waals surface area contributed by atoms with Crippen LogP contribution in [-0.4, -0.2) is 29.7 Å². The van der Waals surface area contributed by atoms with Gasteiger partial charge >= 0.3 is 0 Å². The van der Waals surface area contributed by atoms with Crippen LogP contribution in [0, 0.1) is 6.92 Å². The maximum Gasteiger partial charge on any atom is 0.123 e. The van der Waals surface area contributed by atoms with Crippen LogP contribution in [0.3, 0.4) is 0 Å². The molecule has 0 spiro atoms. The molecule has 0 aliphatic carbocycles. The van der Waals surface area contributed by atoms with E-state index in [2.05, 4.69) is 40.4 Å². The van der Waals surface area contributed by atoms with Gasteiger partial charge in [0, 0.05) is 31.2 Å². The van der Waals surface area contributed by atoms with Crippen molar-refractivity contribution in [3.8, 4) is 0 Å². The first-order valence-corrected chi connectivity index (χ1v) is 7.33. The summed E-state index contributed by atoms with van der Waals surface area (Å²) in [5, 5.41) is 3.33. The van der Waals surface area contributed by atoms with E-state index in [1.807, 2.05) is 13.1 Å². The van der Waals surface area contributed by atoms with Crippen LogP contribution in [-0.2, 0) is 4.74 Å². The Morgan fingerprint density at radius 3 is 3.00 bits per heavy atom. The fourth-order valence-electron chi connectivity index (χ4n) is 2.05. The zero-order chi connectivity index (χ0) is 14.4. The van der Waals surface area contributed by atoms with Crippen molar-refractivity contribution in [3.05, 3.63) is 47.5 Å². The number of hydrogen-bond acceptors (Lipinski definition) is 4. The van der Waals surface area contributed by atoms with Gasteiger partial charge in [0.25, 0.3) is 0 Å². The van der Waals surface area contributed by atoms with E-state index in [9.17, 15) is 0 Å². The molecule has 1 unspecified atom stereocenters. The highest BCUT2D eigenvalue weighted by atomic mass is 32.1.